The zero-order valence-corrected chi connectivity index (χ0v) is 17.5. The first-order valence-electron chi connectivity index (χ1n) is 9.89. The van der Waals surface area contributed by atoms with Crippen LogP contribution < -0.4 is 20.9 Å². The number of fused-ring (bicyclic) bond motifs is 1. The van der Waals surface area contributed by atoms with Gasteiger partial charge in [0, 0.05) is 30.1 Å². The van der Waals surface area contributed by atoms with Gasteiger partial charge < -0.3 is 25.3 Å². The highest BCUT2D eigenvalue weighted by molar-refractivity contribution is 5.90. The van der Waals surface area contributed by atoms with Crippen molar-refractivity contribution in [2.24, 2.45) is 0 Å². The van der Waals surface area contributed by atoms with Crippen molar-refractivity contribution in [3.05, 3.63) is 47.5 Å². The number of halogens is 5. The molecule has 1 aliphatic heterocycles. The van der Waals surface area contributed by atoms with Gasteiger partial charge in [0.15, 0.2) is 17.4 Å². The molecule has 3 N–H and O–H groups in total. The van der Waals surface area contributed by atoms with E-state index < -0.39 is 41.2 Å². The zero-order valence-electron chi connectivity index (χ0n) is 17.5. The van der Waals surface area contributed by atoms with Crippen LogP contribution in [-0.4, -0.2) is 47.7 Å². The number of furan rings is 1. The van der Waals surface area contributed by atoms with E-state index in [1.54, 1.807) is 10.2 Å². The zero-order chi connectivity index (χ0) is 24.6. The number of hydrogen-bond donors (Lipinski definition) is 3. The van der Waals surface area contributed by atoms with E-state index in [1.807, 2.05) is 0 Å². The summed E-state index contributed by atoms with van der Waals surface area (Å²) in [5.41, 5.74) is -0.743. The first-order valence-corrected chi connectivity index (χ1v) is 9.89. The normalized spacial score (nSPS) is 15.2. The maximum absolute atomic E-state index is 14.0. The highest BCUT2D eigenvalue weighted by Gasteiger charge is 2.45. The van der Waals surface area contributed by atoms with Crippen molar-refractivity contribution < 1.29 is 36.0 Å². The molecule has 0 aliphatic carbocycles. The fraction of sp³-hybridized carbons (Fsp3) is 0.300. The summed E-state index contributed by atoms with van der Waals surface area (Å²) in [5, 5.41) is 6.38. The molecule has 180 valence electrons. The number of amides is 3. The Balaban J connectivity index is 1.52. The first-order chi connectivity index (χ1) is 16.0. The average molecular weight is 484 g/mol. The summed E-state index contributed by atoms with van der Waals surface area (Å²) in [6.07, 6.45) is -2.68. The van der Waals surface area contributed by atoms with Gasteiger partial charge in [0.2, 0.25) is 11.9 Å². The third-order valence-electron chi connectivity index (χ3n) is 5.08. The van der Waals surface area contributed by atoms with Crippen molar-refractivity contribution in [1.82, 2.24) is 20.6 Å². The van der Waals surface area contributed by atoms with E-state index in [9.17, 15) is 31.5 Å². The molecular weight excluding hydrogens is 467 g/mol. The molecule has 9 nitrogen and oxygen atoms in total. The second-order valence-electron chi connectivity index (χ2n) is 7.47. The number of aryl methyl sites for hydroxylation is 1. The standard InChI is InChI=1S/C20H17F5N6O3/c1-9-12-4-10(21)5-13(22)16(12)34-15(9)17(20(23,24)25)30-19(33)29-11-6-27-18(28-7-11)31-3-2-26-14(32)8-31/h4-7,17H,2-3,8H2,1H3,(H,26,32)(H2,29,30,33)/t17-/m1/s1. The lowest BCUT2D eigenvalue weighted by atomic mass is 10.1. The number of carbonyl (C=O) groups is 2. The van der Waals surface area contributed by atoms with Crippen LogP contribution in [0.4, 0.5) is 38.4 Å². The summed E-state index contributed by atoms with van der Waals surface area (Å²) in [5.74, 6) is -2.93. The molecule has 0 spiro atoms. The predicted octanol–water partition coefficient (Wildman–Crippen LogP) is 3.17. The van der Waals surface area contributed by atoms with Crippen LogP contribution in [0.5, 0.6) is 0 Å². The lowest BCUT2D eigenvalue weighted by molar-refractivity contribution is -0.158. The van der Waals surface area contributed by atoms with Crippen LogP contribution in [-0.2, 0) is 4.79 Å². The molecule has 34 heavy (non-hydrogen) atoms. The van der Waals surface area contributed by atoms with E-state index in [0.29, 0.717) is 19.2 Å². The minimum atomic E-state index is -5.01. The SMILES string of the molecule is Cc1c([C@@H](NC(=O)Nc2cnc(N3CCNC(=O)C3)nc2)C(F)(F)F)oc2c(F)cc(F)cc12. The minimum Gasteiger partial charge on any atom is -0.455 e. The largest absolute Gasteiger partial charge is 0.455 e. The number of rotatable bonds is 4. The number of nitrogens with zero attached hydrogens (tertiary/aromatic N) is 3. The molecule has 2 aromatic heterocycles. The average Bonchev–Trinajstić information content (AvgIpc) is 3.08. The van der Waals surface area contributed by atoms with Crippen LogP contribution in [0.15, 0.2) is 28.9 Å². The Morgan fingerprint density at radius 2 is 1.94 bits per heavy atom. The molecule has 1 aliphatic rings. The summed E-state index contributed by atoms with van der Waals surface area (Å²) in [6.45, 7) is 2.11. The number of hydrogen-bond acceptors (Lipinski definition) is 6. The van der Waals surface area contributed by atoms with Gasteiger partial charge in [-0.2, -0.15) is 13.2 Å². The Kier molecular flexibility index (Phi) is 5.98. The number of urea groups is 1. The van der Waals surface area contributed by atoms with E-state index in [-0.39, 0.29) is 35.0 Å². The van der Waals surface area contributed by atoms with Crippen LogP contribution in [0.25, 0.3) is 11.0 Å². The van der Waals surface area contributed by atoms with Crippen LogP contribution in [0, 0.1) is 18.6 Å². The van der Waals surface area contributed by atoms with Crippen LogP contribution in [0.3, 0.4) is 0 Å². The molecule has 3 amide bonds. The van der Waals surface area contributed by atoms with Crippen molar-refractivity contribution in [1.29, 1.82) is 0 Å². The van der Waals surface area contributed by atoms with Gasteiger partial charge in [-0.1, -0.05) is 0 Å². The summed E-state index contributed by atoms with van der Waals surface area (Å²) in [6, 6.07) is -2.58. The summed E-state index contributed by atoms with van der Waals surface area (Å²) in [4.78, 5) is 33.4. The van der Waals surface area contributed by atoms with Crippen molar-refractivity contribution >= 4 is 34.5 Å². The van der Waals surface area contributed by atoms with Crippen LogP contribution in [0.1, 0.15) is 17.4 Å². The predicted molar refractivity (Wildman–Crippen MR) is 109 cm³/mol. The molecule has 1 fully saturated rings. The van der Waals surface area contributed by atoms with Gasteiger partial charge in [-0.3, -0.25) is 4.79 Å². The lowest BCUT2D eigenvalue weighted by Gasteiger charge is -2.26. The second-order valence-corrected chi connectivity index (χ2v) is 7.47. The molecule has 1 saturated heterocycles. The monoisotopic (exact) mass is 484 g/mol. The van der Waals surface area contributed by atoms with Crippen molar-refractivity contribution in [2.75, 3.05) is 29.9 Å². The number of anilines is 2. The minimum absolute atomic E-state index is 0.0157. The molecule has 1 atom stereocenters. The number of benzene rings is 1. The molecule has 3 heterocycles. The molecule has 0 radical (unpaired) electrons. The topological polar surface area (TPSA) is 112 Å². The highest BCUT2D eigenvalue weighted by atomic mass is 19.4. The molecule has 0 unspecified atom stereocenters. The highest BCUT2D eigenvalue weighted by Crippen LogP contribution is 2.39. The van der Waals surface area contributed by atoms with Crippen LogP contribution >= 0.6 is 0 Å². The Bertz CT molecular complexity index is 1240. The number of carbonyl (C=O) groups excluding carboxylic acids is 2. The molecule has 1 aromatic carbocycles. The first kappa shape index (κ1) is 23.2. The quantitative estimate of drug-likeness (QED) is 0.491. The Morgan fingerprint density at radius 3 is 2.59 bits per heavy atom. The molecule has 14 heteroatoms. The second kappa shape index (κ2) is 8.76. The smallest absolute Gasteiger partial charge is 0.416 e. The van der Waals surface area contributed by atoms with Gasteiger partial charge >= 0.3 is 12.2 Å². The Hall–Kier alpha value is -3.97. The van der Waals surface area contributed by atoms with E-state index >= 15 is 0 Å². The Labute approximate surface area is 188 Å². The van der Waals surface area contributed by atoms with Gasteiger partial charge in [-0.25, -0.2) is 23.5 Å². The third kappa shape index (κ3) is 4.70. The van der Waals surface area contributed by atoms with Crippen molar-refractivity contribution in [2.45, 2.75) is 19.1 Å². The molecular formula is C20H17F5N6O3. The van der Waals surface area contributed by atoms with Gasteiger partial charge in [-0.05, 0) is 13.0 Å². The summed E-state index contributed by atoms with van der Waals surface area (Å²) >= 11 is 0. The van der Waals surface area contributed by atoms with Crippen molar-refractivity contribution in [3.63, 3.8) is 0 Å². The van der Waals surface area contributed by atoms with Crippen molar-refractivity contribution in [3.8, 4) is 0 Å². The summed E-state index contributed by atoms with van der Waals surface area (Å²) in [7, 11) is 0. The number of piperazine rings is 1. The molecule has 3 aromatic rings. The maximum Gasteiger partial charge on any atom is 0.416 e. The Morgan fingerprint density at radius 1 is 1.24 bits per heavy atom. The molecule has 0 saturated carbocycles. The van der Waals surface area contributed by atoms with Gasteiger partial charge in [0.1, 0.15) is 11.6 Å². The number of alkyl halides is 3. The van der Waals surface area contributed by atoms with E-state index in [2.05, 4.69) is 20.6 Å². The van der Waals surface area contributed by atoms with Gasteiger partial charge in [-0.15, -0.1) is 0 Å². The summed E-state index contributed by atoms with van der Waals surface area (Å²) < 4.78 is 73.8. The fourth-order valence-corrected chi connectivity index (χ4v) is 3.49. The maximum atomic E-state index is 14.0. The van der Waals surface area contributed by atoms with Gasteiger partial charge in [0.25, 0.3) is 0 Å². The number of nitrogens with one attached hydrogen (secondary N) is 3. The van der Waals surface area contributed by atoms with Gasteiger partial charge in [0.05, 0.1) is 24.6 Å². The number of aromatic nitrogens is 2. The fourth-order valence-electron chi connectivity index (χ4n) is 3.49. The van der Waals surface area contributed by atoms with Crippen LogP contribution in [0.2, 0.25) is 0 Å². The lowest BCUT2D eigenvalue weighted by Crippen LogP contribution is -2.48. The van der Waals surface area contributed by atoms with E-state index in [1.165, 1.54) is 19.3 Å². The molecule has 4 rings (SSSR count). The molecule has 0 bridgehead atoms. The third-order valence-corrected chi connectivity index (χ3v) is 5.08. The van der Waals surface area contributed by atoms with E-state index in [4.69, 9.17) is 4.42 Å². The van der Waals surface area contributed by atoms with E-state index in [0.717, 1.165) is 6.07 Å².